The molecule has 3 aromatic rings. The minimum atomic E-state index is 0.447. The van der Waals surface area contributed by atoms with Gasteiger partial charge in [-0.3, -0.25) is 0 Å². The van der Waals surface area contributed by atoms with Crippen LogP contribution in [0.4, 0.5) is 0 Å². The molecule has 0 radical (unpaired) electrons. The molecule has 0 unspecified atom stereocenters. The monoisotopic (exact) mass is 284 g/mol. The molecule has 1 aromatic heterocycles. The van der Waals surface area contributed by atoms with Gasteiger partial charge in [0.2, 0.25) is 0 Å². The highest BCUT2D eigenvalue weighted by atomic mass is 35.5. The Hall–Kier alpha value is -1.80. The molecule has 0 fully saturated rings. The molecular formula is C17H17ClN2. The summed E-state index contributed by atoms with van der Waals surface area (Å²) >= 11 is 6.03. The summed E-state index contributed by atoms with van der Waals surface area (Å²) in [7, 11) is 0. The van der Waals surface area contributed by atoms with Crippen LogP contribution in [0, 0.1) is 6.92 Å². The van der Waals surface area contributed by atoms with Crippen molar-refractivity contribution in [3.05, 3.63) is 65.5 Å². The Morgan fingerprint density at radius 2 is 1.95 bits per heavy atom. The molecule has 0 amide bonds. The molecule has 3 rings (SSSR count). The number of imidazole rings is 1. The average molecular weight is 285 g/mol. The predicted molar refractivity (Wildman–Crippen MR) is 84.2 cm³/mol. The molecule has 2 nitrogen and oxygen atoms in total. The van der Waals surface area contributed by atoms with Crippen LogP contribution in [0.1, 0.15) is 17.0 Å². The first-order valence-electron chi connectivity index (χ1n) is 6.83. The first-order chi connectivity index (χ1) is 9.78. The van der Waals surface area contributed by atoms with Gasteiger partial charge in [-0.25, -0.2) is 4.98 Å². The lowest BCUT2D eigenvalue weighted by Crippen LogP contribution is -2.05. The van der Waals surface area contributed by atoms with E-state index in [0.717, 1.165) is 29.8 Å². The molecule has 1 heterocycles. The number of alkyl halides is 1. The van der Waals surface area contributed by atoms with Crippen LogP contribution < -0.4 is 0 Å². The van der Waals surface area contributed by atoms with E-state index in [1.165, 1.54) is 11.1 Å². The van der Waals surface area contributed by atoms with Crippen LogP contribution in [0.5, 0.6) is 0 Å². The van der Waals surface area contributed by atoms with Crippen LogP contribution in [-0.2, 0) is 18.8 Å². The minimum absolute atomic E-state index is 0.447. The molecule has 0 N–H and O–H groups in total. The van der Waals surface area contributed by atoms with Crippen molar-refractivity contribution in [2.24, 2.45) is 0 Å². The Balaban J connectivity index is 1.90. The maximum atomic E-state index is 6.03. The number of nitrogens with zero attached hydrogens (tertiary/aromatic N) is 2. The molecule has 0 aliphatic carbocycles. The van der Waals surface area contributed by atoms with E-state index in [9.17, 15) is 0 Å². The largest absolute Gasteiger partial charge is 0.327 e. The van der Waals surface area contributed by atoms with Crippen LogP contribution in [-0.4, -0.2) is 9.55 Å². The van der Waals surface area contributed by atoms with Gasteiger partial charge in [-0.15, -0.1) is 11.6 Å². The highest BCUT2D eigenvalue weighted by molar-refractivity contribution is 6.16. The van der Waals surface area contributed by atoms with Gasteiger partial charge in [-0.1, -0.05) is 42.0 Å². The summed E-state index contributed by atoms with van der Waals surface area (Å²) in [4.78, 5) is 4.59. The quantitative estimate of drug-likeness (QED) is 0.652. The van der Waals surface area contributed by atoms with Crippen molar-refractivity contribution in [1.82, 2.24) is 9.55 Å². The van der Waals surface area contributed by atoms with Gasteiger partial charge in [-0.2, -0.15) is 0 Å². The van der Waals surface area contributed by atoms with Crippen molar-refractivity contribution < 1.29 is 0 Å². The van der Waals surface area contributed by atoms with Crippen molar-refractivity contribution in [2.45, 2.75) is 25.8 Å². The maximum absolute atomic E-state index is 6.03. The third-order valence-electron chi connectivity index (χ3n) is 3.56. The van der Waals surface area contributed by atoms with E-state index in [4.69, 9.17) is 11.6 Å². The second-order valence-corrected chi connectivity index (χ2v) is 5.31. The summed E-state index contributed by atoms with van der Waals surface area (Å²) in [5.74, 6) is 1.39. The number of benzene rings is 2. The molecule has 20 heavy (non-hydrogen) atoms. The SMILES string of the molecule is Cc1cccc(CCn2c(CCl)nc3ccccc32)c1. The van der Waals surface area contributed by atoms with Gasteiger partial charge < -0.3 is 4.57 Å². The topological polar surface area (TPSA) is 17.8 Å². The van der Waals surface area contributed by atoms with E-state index in [-0.39, 0.29) is 0 Å². The van der Waals surface area contributed by atoms with Crippen molar-refractivity contribution in [3.8, 4) is 0 Å². The van der Waals surface area contributed by atoms with Crippen molar-refractivity contribution in [3.63, 3.8) is 0 Å². The van der Waals surface area contributed by atoms with E-state index in [0.29, 0.717) is 5.88 Å². The summed E-state index contributed by atoms with van der Waals surface area (Å²) < 4.78 is 2.23. The number of rotatable bonds is 4. The van der Waals surface area contributed by atoms with Gasteiger partial charge in [0.1, 0.15) is 5.82 Å². The van der Waals surface area contributed by atoms with Crippen molar-refractivity contribution >= 4 is 22.6 Å². The maximum Gasteiger partial charge on any atom is 0.124 e. The van der Waals surface area contributed by atoms with E-state index in [2.05, 4.69) is 46.8 Å². The summed E-state index contributed by atoms with van der Waals surface area (Å²) in [5.41, 5.74) is 4.84. The summed E-state index contributed by atoms with van der Waals surface area (Å²) in [6.45, 7) is 3.03. The fourth-order valence-electron chi connectivity index (χ4n) is 2.59. The van der Waals surface area contributed by atoms with Crippen molar-refractivity contribution in [2.75, 3.05) is 0 Å². The Morgan fingerprint density at radius 3 is 2.75 bits per heavy atom. The Labute approximate surface area is 124 Å². The van der Waals surface area contributed by atoms with Gasteiger partial charge in [-0.05, 0) is 31.0 Å². The van der Waals surface area contributed by atoms with Crippen molar-refractivity contribution in [1.29, 1.82) is 0 Å². The molecular weight excluding hydrogens is 268 g/mol. The Morgan fingerprint density at radius 1 is 1.10 bits per heavy atom. The number of aryl methyl sites for hydroxylation is 3. The predicted octanol–water partition coefficient (Wildman–Crippen LogP) is 4.33. The molecule has 3 heteroatoms. The van der Waals surface area contributed by atoms with Gasteiger partial charge in [0.15, 0.2) is 0 Å². The van der Waals surface area contributed by atoms with Gasteiger partial charge in [0.25, 0.3) is 0 Å². The molecule has 0 spiro atoms. The van der Waals surface area contributed by atoms with E-state index >= 15 is 0 Å². The molecule has 0 atom stereocenters. The first kappa shape index (κ1) is 13.2. The zero-order chi connectivity index (χ0) is 13.9. The highest BCUT2D eigenvalue weighted by Gasteiger charge is 2.09. The normalized spacial score (nSPS) is 11.1. The van der Waals surface area contributed by atoms with E-state index < -0.39 is 0 Å². The Bertz CT molecular complexity index is 731. The molecule has 0 saturated heterocycles. The number of halogens is 1. The molecule has 2 aromatic carbocycles. The standard InChI is InChI=1S/C17H17ClN2/c1-13-5-4-6-14(11-13)9-10-20-16-8-3-2-7-15(16)19-17(20)12-18/h2-8,11H,9-10,12H2,1H3. The third kappa shape index (κ3) is 2.56. The summed E-state index contributed by atoms with van der Waals surface area (Å²) in [6, 6.07) is 16.8. The fourth-order valence-corrected chi connectivity index (χ4v) is 2.79. The highest BCUT2D eigenvalue weighted by Crippen LogP contribution is 2.18. The second-order valence-electron chi connectivity index (χ2n) is 5.04. The Kier molecular flexibility index (Phi) is 3.75. The lowest BCUT2D eigenvalue weighted by molar-refractivity contribution is 0.688. The van der Waals surface area contributed by atoms with Crippen LogP contribution in [0.15, 0.2) is 48.5 Å². The number of aromatic nitrogens is 2. The van der Waals surface area contributed by atoms with Crippen LogP contribution in [0.25, 0.3) is 11.0 Å². The fraction of sp³-hybridized carbons (Fsp3) is 0.235. The number of fused-ring (bicyclic) bond motifs is 1. The van der Waals surface area contributed by atoms with Gasteiger partial charge >= 0.3 is 0 Å². The second kappa shape index (κ2) is 5.68. The molecule has 0 aliphatic rings. The zero-order valence-electron chi connectivity index (χ0n) is 11.5. The van der Waals surface area contributed by atoms with E-state index in [1.54, 1.807) is 0 Å². The van der Waals surface area contributed by atoms with Gasteiger partial charge in [0.05, 0.1) is 16.9 Å². The minimum Gasteiger partial charge on any atom is -0.327 e. The number of hydrogen-bond donors (Lipinski definition) is 0. The molecule has 0 saturated carbocycles. The molecule has 0 bridgehead atoms. The molecule has 0 aliphatic heterocycles. The van der Waals surface area contributed by atoms with Gasteiger partial charge in [0, 0.05) is 6.54 Å². The first-order valence-corrected chi connectivity index (χ1v) is 7.37. The average Bonchev–Trinajstić information content (AvgIpc) is 2.83. The van der Waals surface area contributed by atoms with Crippen LogP contribution >= 0.6 is 11.6 Å². The number of hydrogen-bond acceptors (Lipinski definition) is 1. The third-order valence-corrected chi connectivity index (χ3v) is 3.80. The summed E-state index contributed by atoms with van der Waals surface area (Å²) in [5, 5.41) is 0. The van der Waals surface area contributed by atoms with Crippen LogP contribution in [0.3, 0.4) is 0 Å². The smallest absolute Gasteiger partial charge is 0.124 e. The van der Waals surface area contributed by atoms with Crippen LogP contribution in [0.2, 0.25) is 0 Å². The zero-order valence-corrected chi connectivity index (χ0v) is 12.3. The lowest BCUT2D eigenvalue weighted by atomic mass is 10.1. The summed E-state index contributed by atoms with van der Waals surface area (Å²) in [6.07, 6.45) is 0.992. The number of para-hydroxylation sites is 2. The molecule has 102 valence electrons. The van der Waals surface area contributed by atoms with E-state index in [1.807, 2.05) is 18.2 Å². The lowest BCUT2D eigenvalue weighted by Gasteiger charge is -2.08.